The van der Waals surface area contributed by atoms with Gasteiger partial charge in [0, 0.05) is 13.1 Å². The fourth-order valence-corrected chi connectivity index (χ4v) is 5.18. The van der Waals surface area contributed by atoms with E-state index in [0.717, 1.165) is 6.07 Å². The Bertz CT molecular complexity index is 957. The van der Waals surface area contributed by atoms with Gasteiger partial charge >= 0.3 is 5.97 Å². The summed E-state index contributed by atoms with van der Waals surface area (Å²) in [5.74, 6) is -0.420. The van der Waals surface area contributed by atoms with E-state index in [9.17, 15) is 17.6 Å². The first kappa shape index (κ1) is 22.2. The van der Waals surface area contributed by atoms with Crippen molar-refractivity contribution in [2.75, 3.05) is 26.3 Å². The summed E-state index contributed by atoms with van der Waals surface area (Å²) in [6, 6.07) is 14.6. The third-order valence-corrected chi connectivity index (χ3v) is 7.37. The predicted molar refractivity (Wildman–Crippen MR) is 110 cm³/mol. The zero-order valence-corrected chi connectivity index (χ0v) is 17.7. The average molecular weight is 436 g/mol. The second-order valence-corrected chi connectivity index (χ2v) is 9.15. The molecule has 1 heterocycles. The second-order valence-electron chi connectivity index (χ2n) is 7.25. The molecule has 3 rings (SSSR count). The number of benzene rings is 2. The van der Waals surface area contributed by atoms with Crippen LogP contribution in [-0.2, 0) is 19.6 Å². The fraction of sp³-hybridized carbons (Fsp3) is 0.409. The van der Waals surface area contributed by atoms with Crippen LogP contribution in [0.15, 0.2) is 59.5 Å². The summed E-state index contributed by atoms with van der Waals surface area (Å²) < 4.78 is 52.0. The minimum absolute atomic E-state index is 0.112. The number of para-hydroxylation sites is 1. The summed E-state index contributed by atoms with van der Waals surface area (Å²) in [4.78, 5) is 12.4. The van der Waals surface area contributed by atoms with E-state index in [1.807, 2.05) is 30.3 Å². The van der Waals surface area contributed by atoms with E-state index in [-0.39, 0.29) is 43.4 Å². The van der Waals surface area contributed by atoms with Gasteiger partial charge in [0.1, 0.15) is 16.5 Å². The van der Waals surface area contributed by atoms with E-state index in [0.29, 0.717) is 18.8 Å². The Hall–Kier alpha value is -2.45. The summed E-state index contributed by atoms with van der Waals surface area (Å²) in [6.45, 7) is 2.52. The van der Waals surface area contributed by atoms with E-state index >= 15 is 0 Å². The second kappa shape index (κ2) is 9.57. The molecule has 1 saturated heterocycles. The van der Waals surface area contributed by atoms with Gasteiger partial charge in [-0.05, 0) is 50.5 Å². The molecule has 0 saturated carbocycles. The van der Waals surface area contributed by atoms with Gasteiger partial charge in [-0.25, -0.2) is 12.8 Å². The van der Waals surface area contributed by atoms with Crippen molar-refractivity contribution in [3.8, 4) is 5.75 Å². The molecule has 0 bridgehead atoms. The monoisotopic (exact) mass is 435 g/mol. The molecule has 0 aromatic heterocycles. The minimum Gasteiger partial charge on any atom is -0.494 e. The van der Waals surface area contributed by atoms with Crippen molar-refractivity contribution in [1.82, 2.24) is 4.31 Å². The van der Waals surface area contributed by atoms with Crippen LogP contribution in [0.25, 0.3) is 0 Å². The van der Waals surface area contributed by atoms with Crippen LogP contribution in [0, 0.1) is 11.2 Å². The molecule has 0 aliphatic carbocycles. The Labute approximate surface area is 176 Å². The summed E-state index contributed by atoms with van der Waals surface area (Å²) >= 11 is 0. The Kier molecular flexibility index (Phi) is 7.10. The van der Waals surface area contributed by atoms with E-state index < -0.39 is 21.3 Å². The zero-order valence-electron chi connectivity index (χ0n) is 16.9. The van der Waals surface area contributed by atoms with Crippen LogP contribution in [0.4, 0.5) is 4.39 Å². The number of esters is 1. The molecular weight excluding hydrogens is 409 g/mol. The van der Waals surface area contributed by atoms with Gasteiger partial charge in [-0.15, -0.1) is 0 Å². The average Bonchev–Trinajstić information content (AvgIpc) is 2.75. The standard InChI is InChI=1S/C22H26FNO5S/c1-2-28-21(25)22(14-17-29-18-8-4-3-5-9-18)12-15-24(16-13-22)30(26,27)20-11-7-6-10-19(20)23/h3-11H,2,12-17H2,1H3. The quantitative estimate of drug-likeness (QED) is 0.592. The van der Waals surface area contributed by atoms with Gasteiger partial charge in [-0.2, -0.15) is 4.31 Å². The molecule has 1 fully saturated rings. The maximum absolute atomic E-state index is 14.1. The largest absolute Gasteiger partial charge is 0.494 e. The third-order valence-electron chi connectivity index (χ3n) is 5.43. The van der Waals surface area contributed by atoms with E-state index in [1.54, 1.807) is 6.92 Å². The molecule has 8 heteroatoms. The van der Waals surface area contributed by atoms with Crippen molar-refractivity contribution in [2.24, 2.45) is 5.41 Å². The number of hydrogen-bond acceptors (Lipinski definition) is 5. The van der Waals surface area contributed by atoms with Crippen LogP contribution >= 0.6 is 0 Å². The van der Waals surface area contributed by atoms with Crippen LogP contribution < -0.4 is 4.74 Å². The van der Waals surface area contributed by atoms with Crippen molar-refractivity contribution in [3.63, 3.8) is 0 Å². The molecule has 162 valence electrons. The first-order valence-corrected chi connectivity index (χ1v) is 11.4. The Morgan fingerprint density at radius 2 is 1.70 bits per heavy atom. The van der Waals surface area contributed by atoms with Crippen LogP contribution in [-0.4, -0.2) is 45.0 Å². The van der Waals surface area contributed by atoms with E-state index in [1.165, 1.54) is 22.5 Å². The first-order valence-electron chi connectivity index (χ1n) is 9.99. The maximum Gasteiger partial charge on any atom is 0.312 e. The Morgan fingerprint density at radius 1 is 1.07 bits per heavy atom. The molecule has 0 N–H and O–H groups in total. The number of sulfonamides is 1. The molecule has 0 radical (unpaired) electrons. The zero-order chi connectivity index (χ0) is 21.6. The number of ether oxygens (including phenoxy) is 2. The maximum atomic E-state index is 14.1. The lowest BCUT2D eigenvalue weighted by atomic mass is 9.76. The van der Waals surface area contributed by atoms with Gasteiger partial charge in [0.25, 0.3) is 0 Å². The van der Waals surface area contributed by atoms with Crippen LogP contribution in [0.1, 0.15) is 26.2 Å². The number of piperidine rings is 1. The van der Waals surface area contributed by atoms with Crippen molar-refractivity contribution in [3.05, 3.63) is 60.4 Å². The minimum atomic E-state index is -3.97. The first-order chi connectivity index (χ1) is 14.4. The van der Waals surface area contributed by atoms with Gasteiger partial charge in [-0.3, -0.25) is 4.79 Å². The highest BCUT2D eigenvalue weighted by Crippen LogP contribution is 2.38. The molecule has 6 nitrogen and oxygen atoms in total. The summed E-state index contributed by atoms with van der Waals surface area (Å²) in [7, 11) is -3.97. The molecular formula is C22H26FNO5S. The fourth-order valence-electron chi connectivity index (χ4n) is 3.67. The number of nitrogens with zero attached hydrogens (tertiary/aromatic N) is 1. The third kappa shape index (κ3) is 4.82. The molecule has 0 unspecified atom stereocenters. The Morgan fingerprint density at radius 3 is 2.33 bits per heavy atom. The van der Waals surface area contributed by atoms with Gasteiger partial charge in [0.2, 0.25) is 10.0 Å². The molecule has 2 aromatic rings. The summed E-state index contributed by atoms with van der Waals surface area (Å²) in [5, 5.41) is 0. The van der Waals surface area contributed by atoms with E-state index in [4.69, 9.17) is 9.47 Å². The summed E-state index contributed by atoms with van der Waals surface area (Å²) in [6.07, 6.45) is 0.990. The SMILES string of the molecule is CCOC(=O)C1(CCOc2ccccc2)CCN(S(=O)(=O)c2ccccc2F)CC1. The molecule has 2 aromatic carbocycles. The predicted octanol–water partition coefficient (Wildman–Crippen LogP) is 3.63. The lowest BCUT2D eigenvalue weighted by Gasteiger charge is -2.39. The van der Waals surface area contributed by atoms with Crippen LogP contribution in [0.2, 0.25) is 0 Å². The highest BCUT2D eigenvalue weighted by atomic mass is 32.2. The van der Waals surface area contributed by atoms with Crippen molar-refractivity contribution < 1.29 is 27.1 Å². The van der Waals surface area contributed by atoms with Gasteiger partial charge < -0.3 is 9.47 Å². The number of halogens is 1. The van der Waals surface area contributed by atoms with Crippen LogP contribution in [0.3, 0.4) is 0 Å². The van der Waals surface area contributed by atoms with Crippen molar-refractivity contribution in [1.29, 1.82) is 0 Å². The van der Waals surface area contributed by atoms with E-state index in [2.05, 4.69) is 0 Å². The molecule has 0 spiro atoms. The topological polar surface area (TPSA) is 72.9 Å². The normalized spacial score (nSPS) is 16.7. The molecule has 30 heavy (non-hydrogen) atoms. The summed E-state index contributed by atoms with van der Waals surface area (Å²) in [5.41, 5.74) is -0.827. The lowest BCUT2D eigenvalue weighted by molar-refractivity contribution is -0.159. The van der Waals surface area contributed by atoms with Gasteiger partial charge in [0.05, 0.1) is 18.6 Å². The number of carbonyl (C=O) groups is 1. The van der Waals surface area contributed by atoms with Crippen molar-refractivity contribution >= 4 is 16.0 Å². The highest BCUT2D eigenvalue weighted by Gasteiger charge is 2.45. The molecule has 0 atom stereocenters. The molecule has 0 amide bonds. The van der Waals surface area contributed by atoms with Gasteiger partial charge in [0.15, 0.2) is 0 Å². The Balaban J connectivity index is 1.71. The molecule has 1 aliphatic heterocycles. The number of hydrogen-bond donors (Lipinski definition) is 0. The lowest BCUT2D eigenvalue weighted by Crippen LogP contribution is -2.47. The van der Waals surface area contributed by atoms with Gasteiger partial charge in [-0.1, -0.05) is 30.3 Å². The number of rotatable bonds is 8. The highest BCUT2D eigenvalue weighted by molar-refractivity contribution is 7.89. The number of carbonyl (C=O) groups excluding carboxylic acids is 1. The van der Waals surface area contributed by atoms with Crippen LogP contribution in [0.5, 0.6) is 5.75 Å². The molecule has 1 aliphatic rings. The smallest absolute Gasteiger partial charge is 0.312 e. The van der Waals surface area contributed by atoms with Crippen molar-refractivity contribution in [2.45, 2.75) is 31.1 Å².